The maximum Gasteiger partial charge on any atom is 0.223 e. The Labute approximate surface area is 196 Å². The molecule has 4 heteroatoms. The second-order valence-electron chi connectivity index (χ2n) is 8.81. The zero-order chi connectivity index (χ0) is 22.9. The van der Waals surface area contributed by atoms with Crippen LogP contribution in [0.5, 0.6) is 0 Å². The third-order valence-corrected chi connectivity index (χ3v) is 6.65. The molecule has 33 heavy (non-hydrogen) atoms. The normalized spacial score (nSPS) is 14.7. The van der Waals surface area contributed by atoms with E-state index in [-0.39, 0.29) is 11.8 Å². The van der Waals surface area contributed by atoms with Gasteiger partial charge in [0.25, 0.3) is 0 Å². The summed E-state index contributed by atoms with van der Waals surface area (Å²) in [5, 5.41) is 12.0. The fourth-order valence-corrected chi connectivity index (χ4v) is 4.66. The molecule has 0 aliphatic carbocycles. The summed E-state index contributed by atoms with van der Waals surface area (Å²) in [5.41, 5.74) is 4.38. The molecule has 0 saturated carbocycles. The number of likely N-dealkylation sites (tertiary alicyclic amines) is 1. The molecule has 1 amide bonds. The first kappa shape index (κ1) is 22.8. The number of benzene rings is 3. The van der Waals surface area contributed by atoms with Crippen LogP contribution < -0.4 is 5.32 Å². The van der Waals surface area contributed by atoms with Gasteiger partial charge < -0.3 is 10.2 Å². The standard InChI is InChI=1S/C29H31N3O/c30-21-23-11-13-24(14-12-23)22-31-29(33)27-15-18-32(19-16-27)20-17-28(25-7-3-1-4-8-25)26-9-5-2-6-10-26/h1-14,27-28H,15-20,22H2,(H,31,33). The van der Waals surface area contributed by atoms with Gasteiger partial charge in [0.05, 0.1) is 11.6 Å². The van der Waals surface area contributed by atoms with Crippen molar-refractivity contribution in [1.82, 2.24) is 10.2 Å². The molecule has 1 aliphatic rings. The van der Waals surface area contributed by atoms with Crippen LogP contribution in [0.1, 0.15) is 47.4 Å². The van der Waals surface area contributed by atoms with Gasteiger partial charge in [0.15, 0.2) is 0 Å². The van der Waals surface area contributed by atoms with Crippen molar-refractivity contribution in [3.8, 4) is 6.07 Å². The molecule has 0 spiro atoms. The van der Waals surface area contributed by atoms with Crippen molar-refractivity contribution in [3.05, 3.63) is 107 Å². The molecule has 1 aliphatic heterocycles. The van der Waals surface area contributed by atoms with E-state index in [4.69, 9.17) is 5.26 Å². The summed E-state index contributed by atoms with van der Waals surface area (Å²) in [6.07, 6.45) is 2.88. The molecule has 0 radical (unpaired) electrons. The summed E-state index contributed by atoms with van der Waals surface area (Å²) in [6.45, 7) is 3.48. The highest BCUT2D eigenvalue weighted by atomic mass is 16.1. The van der Waals surface area contributed by atoms with Crippen molar-refractivity contribution < 1.29 is 4.79 Å². The SMILES string of the molecule is N#Cc1ccc(CNC(=O)C2CCN(CCC(c3ccccc3)c3ccccc3)CC2)cc1. The first-order valence-electron chi connectivity index (χ1n) is 11.8. The average molecular weight is 438 g/mol. The highest BCUT2D eigenvalue weighted by Crippen LogP contribution is 2.29. The second kappa shape index (κ2) is 11.4. The minimum Gasteiger partial charge on any atom is -0.352 e. The molecule has 4 nitrogen and oxygen atoms in total. The van der Waals surface area contributed by atoms with E-state index >= 15 is 0 Å². The lowest BCUT2D eigenvalue weighted by Crippen LogP contribution is -2.40. The third-order valence-electron chi connectivity index (χ3n) is 6.65. The van der Waals surface area contributed by atoms with Crippen LogP contribution in [0.4, 0.5) is 0 Å². The number of piperidine rings is 1. The molecular weight excluding hydrogens is 406 g/mol. The Morgan fingerprint density at radius 1 is 0.909 bits per heavy atom. The summed E-state index contributed by atoms with van der Waals surface area (Å²) in [7, 11) is 0. The third kappa shape index (κ3) is 6.31. The lowest BCUT2D eigenvalue weighted by molar-refractivity contribution is -0.126. The average Bonchev–Trinajstić information content (AvgIpc) is 2.89. The molecule has 3 aromatic carbocycles. The van der Waals surface area contributed by atoms with Crippen molar-refractivity contribution in [2.75, 3.05) is 19.6 Å². The number of nitrogens with zero attached hydrogens (tertiary/aromatic N) is 2. The van der Waals surface area contributed by atoms with Gasteiger partial charge in [0, 0.05) is 18.4 Å². The number of nitriles is 1. The molecule has 0 bridgehead atoms. The van der Waals surface area contributed by atoms with Crippen LogP contribution in [0.25, 0.3) is 0 Å². The van der Waals surface area contributed by atoms with E-state index in [9.17, 15) is 4.79 Å². The monoisotopic (exact) mass is 437 g/mol. The molecule has 3 aromatic rings. The predicted octanol–water partition coefficient (Wildman–Crippen LogP) is 5.11. The van der Waals surface area contributed by atoms with Gasteiger partial charge >= 0.3 is 0 Å². The van der Waals surface area contributed by atoms with E-state index in [0.29, 0.717) is 18.0 Å². The minimum absolute atomic E-state index is 0.0821. The van der Waals surface area contributed by atoms with Gasteiger partial charge in [-0.25, -0.2) is 0 Å². The van der Waals surface area contributed by atoms with E-state index < -0.39 is 0 Å². The smallest absolute Gasteiger partial charge is 0.223 e. The Kier molecular flexibility index (Phi) is 7.90. The van der Waals surface area contributed by atoms with Crippen molar-refractivity contribution in [3.63, 3.8) is 0 Å². The van der Waals surface area contributed by atoms with E-state index in [1.54, 1.807) is 12.1 Å². The number of hydrogen-bond acceptors (Lipinski definition) is 3. The van der Waals surface area contributed by atoms with Gasteiger partial charge in [-0.3, -0.25) is 4.79 Å². The summed E-state index contributed by atoms with van der Waals surface area (Å²) < 4.78 is 0. The number of rotatable bonds is 8. The highest BCUT2D eigenvalue weighted by molar-refractivity contribution is 5.78. The van der Waals surface area contributed by atoms with Crippen LogP contribution in [-0.2, 0) is 11.3 Å². The summed E-state index contributed by atoms with van der Waals surface area (Å²) >= 11 is 0. The zero-order valence-corrected chi connectivity index (χ0v) is 19.0. The minimum atomic E-state index is 0.0821. The molecule has 4 rings (SSSR count). The van der Waals surface area contributed by atoms with Crippen molar-refractivity contribution in [1.29, 1.82) is 5.26 Å². The van der Waals surface area contributed by atoms with Crippen LogP contribution in [-0.4, -0.2) is 30.4 Å². The number of amides is 1. The quantitative estimate of drug-likeness (QED) is 0.533. The zero-order valence-electron chi connectivity index (χ0n) is 19.0. The molecular formula is C29H31N3O. The topological polar surface area (TPSA) is 56.1 Å². The number of hydrogen-bond donors (Lipinski definition) is 1. The molecule has 1 saturated heterocycles. The van der Waals surface area contributed by atoms with E-state index in [1.807, 2.05) is 12.1 Å². The van der Waals surface area contributed by atoms with Crippen LogP contribution >= 0.6 is 0 Å². The Hall–Kier alpha value is -3.42. The fourth-order valence-electron chi connectivity index (χ4n) is 4.66. The van der Waals surface area contributed by atoms with Crippen LogP contribution in [0.2, 0.25) is 0 Å². The van der Waals surface area contributed by atoms with Crippen LogP contribution in [0.3, 0.4) is 0 Å². The van der Waals surface area contributed by atoms with Gasteiger partial charge in [-0.15, -0.1) is 0 Å². The second-order valence-corrected chi connectivity index (χ2v) is 8.81. The molecule has 0 atom stereocenters. The molecule has 1 N–H and O–H groups in total. The Balaban J connectivity index is 1.26. The first-order chi connectivity index (χ1) is 16.2. The molecule has 1 fully saturated rings. The maximum absolute atomic E-state index is 12.7. The lowest BCUT2D eigenvalue weighted by Gasteiger charge is -2.32. The van der Waals surface area contributed by atoms with Crippen molar-refractivity contribution >= 4 is 5.91 Å². The number of carbonyl (C=O) groups excluding carboxylic acids is 1. The van der Waals surface area contributed by atoms with Gasteiger partial charge in [-0.05, 0) is 67.7 Å². The summed E-state index contributed by atoms with van der Waals surface area (Å²) in [6, 6.07) is 31.0. The summed E-state index contributed by atoms with van der Waals surface area (Å²) in [4.78, 5) is 15.2. The molecule has 0 aromatic heterocycles. The van der Waals surface area contributed by atoms with Gasteiger partial charge in [0.2, 0.25) is 5.91 Å². The Morgan fingerprint density at radius 3 is 2.03 bits per heavy atom. The van der Waals surface area contributed by atoms with E-state index in [0.717, 1.165) is 44.5 Å². The number of carbonyl (C=O) groups is 1. The lowest BCUT2D eigenvalue weighted by atomic mass is 9.88. The predicted molar refractivity (Wildman–Crippen MR) is 132 cm³/mol. The number of nitrogens with one attached hydrogen (secondary N) is 1. The van der Waals surface area contributed by atoms with Crippen LogP contribution in [0, 0.1) is 17.2 Å². The van der Waals surface area contributed by atoms with Crippen molar-refractivity contribution in [2.45, 2.75) is 31.7 Å². The molecule has 1 heterocycles. The molecule has 168 valence electrons. The fraction of sp³-hybridized carbons (Fsp3) is 0.310. The van der Waals surface area contributed by atoms with Gasteiger partial charge in [-0.2, -0.15) is 5.26 Å². The van der Waals surface area contributed by atoms with Gasteiger partial charge in [-0.1, -0.05) is 72.8 Å². The largest absolute Gasteiger partial charge is 0.352 e. The maximum atomic E-state index is 12.7. The Bertz CT molecular complexity index is 1010. The summed E-state index contributed by atoms with van der Waals surface area (Å²) in [5.74, 6) is 0.616. The van der Waals surface area contributed by atoms with E-state index in [1.165, 1.54) is 11.1 Å². The van der Waals surface area contributed by atoms with Gasteiger partial charge in [0.1, 0.15) is 0 Å². The first-order valence-corrected chi connectivity index (χ1v) is 11.8. The highest BCUT2D eigenvalue weighted by Gasteiger charge is 2.25. The van der Waals surface area contributed by atoms with Crippen molar-refractivity contribution in [2.24, 2.45) is 5.92 Å². The van der Waals surface area contributed by atoms with Crippen LogP contribution in [0.15, 0.2) is 84.9 Å². The molecule has 0 unspecified atom stereocenters. The Morgan fingerprint density at radius 2 is 1.48 bits per heavy atom. The van der Waals surface area contributed by atoms with E-state index in [2.05, 4.69) is 76.9 Å².